The van der Waals surface area contributed by atoms with Crippen molar-refractivity contribution in [3.8, 4) is 17.4 Å². The summed E-state index contributed by atoms with van der Waals surface area (Å²) >= 11 is 0. The summed E-state index contributed by atoms with van der Waals surface area (Å²) < 4.78 is 10.8. The number of nitrogens with one attached hydrogen (secondary N) is 1. The van der Waals surface area contributed by atoms with Crippen LogP contribution in [0.3, 0.4) is 0 Å². The average Bonchev–Trinajstić information content (AvgIpc) is 2.47. The lowest BCUT2D eigenvalue weighted by Crippen LogP contribution is -2.24. The van der Waals surface area contributed by atoms with E-state index in [0.29, 0.717) is 17.4 Å². The van der Waals surface area contributed by atoms with Gasteiger partial charge < -0.3 is 14.8 Å². The van der Waals surface area contributed by atoms with Crippen molar-refractivity contribution in [2.75, 3.05) is 13.7 Å². The zero-order valence-electron chi connectivity index (χ0n) is 10.5. The van der Waals surface area contributed by atoms with E-state index in [1.54, 1.807) is 43.6 Å². The van der Waals surface area contributed by atoms with Gasteiger partial charge in [-0.05, 0) is 30.3 Å². The highest BCUT2D eigenvalue weighted by Gasteiger charge is 2.01. The van der Waals surface area contributed by atoms with Crippen LogP contribution in [0.15, 0.2) is 48.7 Å². The maximum Gasteiger partial charge on any atom is 0.257 e. The molecule has 0 aliphatic rings. The Bertz CT molecular complexity index is 526. The number of amides is 1. The SMILES string of the molecule is CNC(=O)COc1ccc(Oc2ccccn2)cc1. The molecule has 2 aromatic rings. The topological polar surface area (TPSA) is 60.5 Å². The minimum absolute atomic E-state index is 0.00303. The Labute approximate surface area is 111 Å². The number of aromatic nitrogens is 1. The Morgan fingerprint density at radius 2 is 1.89 bits per heavy atom. The Morgan fingerprint density at radius 3 is 2.53 bits per heavy atom. The normalized spacial score (nSPS) is 9.74. The fourth-order valence-electron chi connectivity index (χ4n) is 1.35. The van der Waals surface area contributed by atoms with Gasteiger partial charge in [0.05, 0.1) is 0 Å². The third kappa shape index (κ3) is 3.99. The van der Waals surface area contributed by atoms with E-state index in [1.165, 1.54) is 0 Å². The average molecular weight is 258 g/mol. The summed E-state index contributed by atoms with van der Waals surface area (Å²) in [5, 5.41) is 2.48. The monoisotopic (exact) mass is 258 g/mol. The van der Waals surface area contributed by atoms with Crippen LogP contribution in [0.5, 0.6) is 17.4 Å². The van der Waals surface area contributed by atoms with E-state index < -0.39 is 0 Å². The van der Waals surface area contributed by atoms with Crippen LogP contribution >= 0.6 is 0 Å². The van der Waals surface area contributed by atoms with E-state index in [9.17, 15) is 4.79 Å². The number of hydrogen-bond acceptors (Lipinski definition) is 4. The molecule has 0 aliphatic carbocycles. The van der Waals surface area contributed by atoms with E-state index in [0.717, 1.165) is 0 Å². The molecule has 0 atom stereocenters. The number of nitrogens with zero attached hydrogens (tertiary/aromatic N) is 1. The predicted octanol–water partition coefficient (Wildman–Crippen LogP) is 2.00. The molecular formula is C14H14N2O3. The van der Waals surface area contributed by atoms with Gasteiger partial charge in [0.2, 0.25) is 5.88 Å². The fraction of sp³-hybridized carbons (Fsp3) is 0.143. The minimum atomic E-state index is -0.172. The van der Waals surface area contributed by atoms with E-state index >= 15 is 0 Å². The lowest BCUT2D eigenvalue weighted by atomic mass is 10.3. The first-order valence-electron chi connectivity index (χ1n) is 5.80. The van der Waals surface area contributed by atoms with Crippen LogP contribution < -0.4 is 14.8 Å². The number of pyridine rings is 1. The lowest BCUT2D eigenvalue weighted by Gasteiger charge is -2.07. The van der Waals surface area contributed by atoms with Crippen LogP contribution in [0.1, 0.15) is 0 Å². The number of hydrogen-bond donors (Lipinski definition) is 1. The van der Waals surface area contributed by atoms with Gasteiger partial charge in [0.25, 0.3) is 5.91 Å². The van der Waals surface area contributed by atoms with Crippen LogP contribution in [0, 0.1) is 0 Å². The van der Waals surface area contributed by atoms with Crippen molar-refractivity contribution >= 4 is 5.91 Å². The van der Waals surface area contributed by atoms with Gasteiger partial charge in [-0.1, -0.05) is 6.07 Å². The summed E-state index contributed by atoms with van der Waals surface area (Å²) in [6.45, 7) is -0.00303. The molecule has 0 saturated heterocycles. The molecular weight excluding hydrogens is 244 g/mol. The first-order chi connectivity index (χ1) is 9.28. The van der Waals surface area contributed by atoms with Crippen molar-refractivity contribution in [1.82, 2.24) is 10.3 Å². The van der Waals surface area contributed by atoms with Crippen LogP contribution in [0.2, 0.25) is 0 Å². The minimum Gasteiger partial charge on any atom is -0.484 e. The molecule has 0 saturated carbocycles. The molecule has 1 heterocycles. The molecule has 0 spiro atoms. The number of rotatable bonds is 5. The van der Waals surface area contributed by atoms with Gasteiger partial charge in [-0.3, -0.25) is 4.79 Å². The zero-order chi connectivity index (χ0) is 13.5. The maximum atomic E-state index is 11.0. The number of carbonyl (C=O) groups excluding carboxylic acids is 1. The summed E-state index contributed by atoms with van der Waals surface area (Å²) in [5.41, 5.74) is 0. The van der Waals surface area contributed by atoms with E-state index in [1.807, 2.05) is 12.1 Å². The molecule has 1 aromatic heterocycles. The van der Waals surface area contributed by atoms with Crippen molar-refractivity contribution in [2.24, 2.45) is 0 Å². The van der Waals surface area contributed by atoms with Crippen molar-refractivity contribution < 1.29 is 14.3 Å². The van der Waals surface area contributed by atoms with Gasteiger partial charge >= 0.3 is 0 Å². The smallest absolute Gasteiger partial charge is 0.257 e. The summed E-state index contributed by atoms with van der Waals surface area (Å²) in [4.78, 5) is 15.1. The second-order valence-electron chi connectivity index (χ2n) is 3.70. The highest BCUT2D eigenvalue weighted by atomic mass is 16.5. The Kier molecular flexibility index (Phi) is 4.34. The van der Waals surface area contributed by atoms with E-state index in [-0.39, 0.29) is 12.5 Å². The number of benzene rings is 1. The maximum absolute atomic E-state index is 11.0. The van der Waals surface area contributed by atoms with Gasteiger partial charge in [0.15, 0.2) is 6.61 Å². The number of carbonyl (C=O) groups is 1. The quantitative estimate of drug-likeness (QED) is 0.891. The van der Waals surface area contributed by atoms with Crippen LogP contribution in [-0.4, -0.2) is 24.5 Å². The zero-order valence-corrected chi connectivity index (χ0v) is 10.5. The first-order valence-corrected chi connectivity index (χ1v) is 5.80. The second-order valence-corrected chi connectivity index (χ2v) is 3.70. The molecule has 1 aromatic carbocycles. The first kappa shape index (κ1) is 12.9. The standard InChI is InChI=1S/C14H14N2O3/c1-15-13(17)10-18-11-5-7-12(8-6-11)19-14-4-2-3-9-16-14/h2-9H,10H2,1H3,(H,15,17). The number of likely N-dealkylation sites (N-methyl/N-ethyl adjacent to an activating group) is 1. The van der Waals surface area contributed by atoms with E-state index in [4.69, 9.17) is 9.47 Å². The van der Waals surface area contributed by atoms with E-state index in [2.05, 4.69) is 10.3 Å². The molecule has 98 valence electrons. The van der Waals surface area contributed by atoms with Crippen LogP contribution in [0.25, 0.3) is 0 Å². The number of ether oxygens (including phenoxy) is 2. The van der Waals surface area contributed by atoms with Gasteiger partial charge in [0.1, 0.15) is 11.5 Å². The molecule has 2 rings (SSSR count). The largest absolute Gasteiger partial charge is 0.484 e. The summed E-state index contributed by atoms with van der Waals surface area (Å²) in [7, 11) is 1.56. The molecule has 5 nitrogen and oxygen atoms in total. The summed E-state index contributed by atoms with van der Waals surface area (Å²) in [6, 6.07) is 12.4. The molecule has 19 heavy (non-hydrogen) atoms. The fourth-order valence-corrected chi connectivity index (χ4v) is 1.35. The summed E-state index contributed by atoms with van der Waals surface area (Å²) in [5.74, 6) is 1.62. The molecule has 5 heteroatoms. The molecule has 0 aliphatic heterocycles. The van der Waals surface area contributed by atoms with Crippen molar-refractivity contribution in [2.45, 2.75) is 0 Å². The highest BCUT2D eigenvalue weighted by molar-refractivity contribution is 5.77. The molecule has 0 radical (unpaired) electrons. The van der Waals surface area contributed by atoms with Crippen LogP contribution in [-0.2, 0) is 4.79 Å². The van der Waals surface area contributed by atoms with Gasteiger partial charge in [0, 0.05) is 19.3 Å². The Morgan fingerprint density at radius 1 is 1.16 bits per heavy atom. The van der Waals surface area contributed by atoms with Gasteiger partial charge in [-0.2, -0.15) is 0 Å². The highest BCUT2D eigenvalue weighted by Crippen LogP contribution is 2.21. The Hall–Kier alpha value is -2.56. The molecule has 0 fully saturated rings. The van der Waals surface area contributed by atoms with Crippen molar-refractivity contribution in [3.05, 3.63) is 48.7 Å². The molecule has 0 bridgehead atoms. The van der Waals surface area contributed by atoms with Gasteiger partial charge in [-0.15, -0.1) is 0 Å². The summed E-state index contributed by atoms with van der Waals surface area (Å²) in [6.07, 6.45) is 1.66. The molecule has 1 amide bonds. The molecule has 1 N–H and O–H groups in total. The second kappa shape index (κ2) is 6.39. The van der Waals surface area contributed by atoms with Crippen LogP contribution in [0.4, 0.5) is 0 Å². The predicted molar refractivity (Wildman–Crippen MR) is 70.3 cm³/mol. The third-order valence-electron chi connectivity index (χ3n) is 2.33. The third-order valence-corrected chi connectivity index (χ3v) is 2.33. The van der Waals surface area contributed by atoms with Crippen molar-refractivity contribution in [1.29, 1.82) is 0 Å². The molecule has 0 unspecified atom stereocenters. The Balaban J connectivity index is 1.93. The van der Waals surface area contributed by atoms with Crippen molar-refractivity contribution in [3.63, 3.8) is 0 Å². The lowest BCUT2D eigenvalue weighted by molar-refractivity contribution is -0.122. The van der Waals surface area contributed by atoms with Gasteiger partial charge in [-0.25, -0.2) is 4.98 Å².